The van der Waals surface area contributed by atoms with Crippen molar-refractivity contribution in [2.45, 2.75) is 27.9 Å². The van der Waals surface area contributed by atoms with Crippen LogP contribution in [0.3, 0.4) is 0 Å². The van der Waals surface area contributed by atoms with Gasteiger partial charge in [-0.15, -0.1) is 0 Å². The Morgan fingerprint density at radius 1 is 0.477 bits per heavy atom. The van der Waals surface area contributed by atoms with Crippen LogP contribution in [-0.2, 0) is 15.6 Å². The first-order chi connectivity index (χ1) is 21.8. The summed E-state index contributed by atoms with van der Waals surface area (Å²) in [5.41, 5.74) is 4.34. The van der Waals surface area contributed by atoms with Crippen LogP contribution in [0.25, 0.3) is 22.3 Å². The largest absolute Gasteiger partial charge is 0.490 e. The van der Waals surface area contributed by atoms with Gasteiger partial charge in [0.2, 0.25) is 0 Å². The number of hydrogen-bond acceptors (Lipinski definition) is 3. The van der Waals surface area contributed by atoms with E-state index in [1.54, 1.807) is 0 Å². The Hall–Kier alpha value is -4.77. The molecule has 3 nitrogen and oxygen atoms in total. The van der Waals surface area contributed by atoms with Gasteiger partial charge in [-0.05, 0) is 66.6 Å². The summed E-state index contributed by atoms with van der Waals surface area (Å²) in [5.74, 6) is 1.62. The maximum atomic E-state index is 6.42. The first-order valence-electron chi connectivity index (χ1n) is 14.9. The van der Waals surface area contributed by atoms with Crippen molar-refractivity contribution in [2.75, 3.05) is 13.2 Å². The van der Waals surface area contributed by atoms with E-state index in [1.807, 2.05) is 55.5 Å². The molecule has 0 spiro atoms. The van der Waals surface area contributed by atoms with Crippen molar-refractivity contribution in [3.05, 3.63) is 164 Å². The molecule has 0 bridgehead atoms. The molecule has 0 saturated heterocycles. The van der Waals surface area contributed by atoms with Crippen LogP contribution in [0.4, 0.5) is 0 Å². The number of rotatable bonds is 12. The Morgan fingerprint density at radius 3 is 1.43 bits per heavy atom. The average Bonchev–Trinajstić information content (AvgIpc) is 3.09. The summed E-state index contributed by atoms with van der Waals surface area (Å²) < 4.78 is 18.6. The van der Waals surface area contributed by atoms with Crippen molar-refractivity contribution in [2.24, 2.45) is 0 Å². The van der Waals surface area contributed by atoms with E-state index in [0.29, 0.717) is 13.2 Å². The second-order valence-electron chi connectivity index (χ2n) is 10.2. The third kappa shape index (κ3) is 7.23. The van der Waals surface area contributed by atoms with Crippen molar-refractivity contribution in [1.29, 1.82) is 0 Å². The Kier molecular flexibility index (Phi) is 9.73. The van der Waals surface area contributed by atoms with Crippen molar-refractivity contribution in [1.82, 2.24) is 0 Å². The van der Waals surface area contributed by atoms with E-state index in [1.165, 1.54) is 14.7 Å². The quantitative estimate of drug-likeness (QED) is 0.0801. The van der Waals surface area contributed by atoms with E-state index in [4.69, 9.17) is 14.2 Å². The van der Waals surface area contributed by atoms with Crippen LogP contribution < -0.4 is 9.47 Å². The van der Waals surface area contributed by atoms with E-state index in [0.717, 1.165) is 33.8 Å². The molecule has 0 aromatic heterocycles. The summed E-state index contributed by atoms with van der Waals surface area (Å²) in [6.45, 7) is 2.70. The molecule has 0 fully saturated rings. The minimum Gasteiger partial charge on any atom is -0.490 e. The third-order valence-electron chi connectivity index (χ3n) is 7.19. The van der Waals surface area contributed by atoms with Crippen molar-refractivity contribution in [3.63, 3.8) is 0 Å². The lowest BCUT2D eigenvalue weighted by molar-refractivity contribution is -0.0738. The molecule has 4 heteroatoms. The molecule has 0 saturated carbocycles. The second-order valence-corrected chi connectivity index (χ2v) is 12.2. The average molecular weight is 596 g/mol. The molecule has 0 N–H and O–H groups in total. The number of benzene rings is 6. The molecule has 1 atom stereocenters. The molecule has 0 amide bonds. The molecule has 0 heterocycles. The highest BCUT2D eigenvalue weighted by atomic mass is 32.2. The standard InChI is InChI=1S/C40H35O3S/c1-31(43-34-25-27-37(28-26-34)44(35-19-10-4-11-20-35)36-21-12-5-13-22-36)41-29-30-42-40-38(32-15-6-2-7-16-32)23-14-24-39(40)33-17-8-3-9-18-33/h2-28,31H,29-30H2,1H3/q+1. The first-order valence-corrected chi connectivity index (χ1v) is 16.1. The van der Waals surface area contributed by atoms with E-state index in [2.05, 4.69) is 115 Å². The number of ether oxygens (including phenoxy) is 3. The SMILES string of the molecule is CC(OCCOc1c(-c2ccccc2)cccc1-c1ccccc1)Oc1ccc([S+](c2ccccc2)c2ccccc2)cc1. The summed E-state index contributed by atoms with van der Waals surface area (Å²) in [6.07, 6.45) is -0.427. The normalized spacial score (nSPS) is 11.7. The van der Waals surface area contributed by atoms with Crippen LogP contribution in [0.15, 0.2) is 178 Å². The summed E-state index contributed by atoms with van der Waals surface area (Å²) >= 11 is 0. The van der Waals surface area contributed by atoms with Gasteiger partial charge in [-0.3, -0.25) is 0 Å². The van der Waals surface area contributed by atoms with Crippen LogP contribution >= 0.6 is 0 Å². The van der Waals surface area contributed by atoms with Crippen molar-refractivity contribution >= 4 is 10.9 Å². The Morgan fingerprint density at radius 2 is 0.932 bits per heavy atom. The predicted molar refractivity (Wildman–Crippen MR) is 180 cm³/mol. The highest BCUT2D eigenvalue weighted by Crippen LogP contribution is 2.39. The molecule has 6 rings (SSSR count). The van der Waals surface area contributed by atoms with Gasteiger partial charge in [-0.2, -0.15) is 0 Å². The van der Waals surface area contributed by atoms with E-state index < -0.39 is 6.29 Å². The zero-order chi connectivity index (χ0) is 30.0. The highest BCUT2D eigenvalue weighted by molar-refractivity contribution is 7.97. The summed E-state index contributed by atoms with van der Waals surface area (Å²) in [7, 11) is -0.195. The molecule has 218 valence electrons. The van der Waals surface area contributed by atoms with Gasteiger partial charge in [0.15, 0.2) is 21.0 Å². The summed E-state index contributed by atoms with van der Waals surface area (Å²) in [4.78, 5) is 3.81. The van der Waals surface area contributed by atoms with Crippen LogP contribution in [0.1, 0.15) is 6.92 Å². The zero-order valence-electron chi connectivity index (χ0n) is 24.7. The molecule has 0 aliphatic rings. The van der Waals surface area contributed by atoms with Gasteiger partial charge < -0.3 is 14.2 Å². The van der Waals surface area contributed by atoms with Gasteiger partial charge in [-0.25, -0.2) is 0 Å². The molecule has 1 unspecified atom stereocenters. The highest BCUT2D eigenvalue weighted by Gasteiger charge is 2.28. The van der Waals surface area contributed by atoms with Crippen LogP contribution in [-0.4, -0.2) is 19.5 Å². The Bertz CT molecular complexity index is 1630. The van der Waals surface area contributed by atoms with Gasteiger partial charge >= 0.3 is 0 Å². The number of para-hydroxylation sites is 1. The fourth-order valence-corrected chi connectivity index (χ4v) is 7.23. The van der Waals surface area contributed by atoms with Gasteiger partial charge in [0.1, 0.15) is 18.1 Å². The van der Waals surface area contributed by atoms with Gasteiger partial charge in [0.25, 0.3) is 0 Å². The monoisotopic (exact) mass is 595 g/mol. The van der Waals surface area contributed by atoms with Crippen molar-refractivity contribution < 1.29 is 14.2 Å². The lowest BCUT2D eigenvalue weighted by Gasteiger charge is -2.19. The van der Waals surface area contributed by atoms with E-state index >= 15 is 0 Å². The topological polar surface area (TPSA) is 27.7 Å². The predicted octanol–water partition coefficient (Wildman–Crippen LogP) is 9.94. The molecular weight excluding hydrogens is 561 g/mol. The van der Waals surface area contributed by atoms with Crippen molar-refractivity contribution in [3.8, 4) is 33.8 Å². The lowest BCUT2D eigenvalue weighted by atomic mass is 9.97. The molecule has 44 heavy (non-hydrogen) atoms. The second kappa shape index (κ2) is 14.6. The minimum absolute atomic E-state index is 0.195. The lowest BCUT2D eigenvalue weighted by Crippen LogP contribution is -2.20. The number of hydrogen-bond donors (Lipinski definition) is 0. The first kappa shape index (κ1) is 29.3. The van der Waals surface area contributed by atoms with E-state index in [-0.39, 0.29) is 10.9 Å². The fourth-order valence-electron chi connectivity index (χ4n) is 5.14. The van der Waals surface area contributed by atoms with Gasteiger partial charge in [0, 0.05) is 11.1 Å². The van der Waals surface area contributed by atoms with Crippen LogP contribution in [0, 0.1) is 0 Å². The van der Waals surface area contributed by atoms with Crippen LogP contribution in [0.2, 0.25) is 0 Å². The smallest absolute Gasteiger partial charge is 0.197 e. The van der Waals surface area contributed by atoms with Gasteiger partial charge in [-0.1, -0.05) is 115 Å². The maximum Gasteiger partial charge on any atom is 0.197 e. The van der Waals surface area contributed by atoms with E-state index in [9.17, 15) is 0 Å². The molecule has 6 aromatic carbocycles. The molecule has 0 aliphatic carbocycles. The molecular formula is C40H35O3S+. The molecule has 6 aromatic rings. The Labute approximate surface area is 263 Å². The summed E-state index contributed by atoms with van der Waals surface area (Å²) in [6, 6.07) is 56.6. The van der Waals surface area contributed by atoms with Crippen LogP contribution in [0.5, 0.6) is 11.5 Å². The maximum absolute atomic E-state index is 6.42. The fraction of sp³-hybridized carbons (Fsp3) is 0.100. The Balaban J connectivity index is 1.10. The summed E-state index contributed by atoms with van der Waals surface area (Å²) in [5, 5.41) is 0. The molecule has 0 aliphatic heterocycles. The molecule has 0 radical (unpaired) electrons. The third-order valence-corrected chi connectivity index (χ3v) is 9.42. The zero-order valence-corrected chi connectivity index (χ0v) is 25.5. The van der Waals surface area contributed by atoms with Gasteiger partial charge in [0.05, 0.1) is 17.5 Å². The minimum atomic E-state index is -0.427.